The molecule has 19 heavy (non-hydrogen) atoms. The Labute approximate surface area is 118 Å². The van der Waals surface area contributed by atoms with Crippen molar-refractivity contribution in [3.63, 3.8) is 0 Å². The third-order valence-electron chi connectivity index (χ3n) is 3.04. The third-order valence-corrected chi connectivity index (χ3v) is 4.71. The first kappa shape index (κ1) is 14.7. The van der Waals surface area contributed by atoms with Gasteiger partial charge in [-0.1, -0.05) is 11.6 Å². The lowest BCUT2D eigenvalue weighted by molar-refractivity contribution is 0.0123. The summed E-state index contributed by atoms with van der Waals surface area (Å²) < 4.78 is 32.1. The summed E-state index contributed by atoms with van der Waals surface area (Å²) in [6.07, 6.45) is 5.48. The average molecular weight is 305 g/mol. The Morgan fingerprint density at radius 1 is 1.47 bits per heavy atom. The largest absolute Gasteiger partial charge is 0.378 e. The van der Waals surface area contributed by atoms with Gasteiger partial charge in [0, 0.05) is 19.3 Å². The standard InChI is InChI=1S/C12H17ClN2O3S/c13-12-9-11(5-6-14-12)19(16,17)15-7-4-10-3-1-2-8-18-10/h5-6,9-10,15H,1-4,7-8H2. The van der Waals surface area contributed by atoms with Gasteiger partial charge in [0.05, 0.1) is 11.0 Å². The number of rotatable bonds is 5. The summed E-state index contributed by atoms with van der Waals surface area (Å²) in [6, 6.07) is 2.76. The number of hydrogen-bond donors (Lipinski definition) is 1. The van der Waals surface area contributed by atoms with Gasteiger partial charge >= 0.3 is 0 Å². The van der Waals surface area contributed by atoms with Gasteiger partial charge in [-0.05, 0) is 37.8 Å². The summed E-state index contributed by atoms with van der Waals surface area (Å²) in [6.45, 7) is 1.14. The molecule has 0 radical (unpaired) electrons. The second-order valence-corrected chi connectivity index (χ2v) is 6.64. The van der Waals surface area contributed by atoms with Crippen LogP contribution in [0.4, 0.5) is 0 Å². The van der Waals surface area contributed by atoms with Gasteiger partial charge in [-0.3, -0.25) is 0 Å². The van der Waals surface area contributed by atoms with Crippen LogP contribution in [0.5, 0.6) is 0 Å². The number of pyridine rings is 1. The van der Waals surface area contributed by atoms with E-state index in [2.05, 4.69) is 9.71 Å². The summed E-state index contributed by atoms with van der Waals surface area (Å²) in [5.41, 5.74) is 0. The molecular weight excluding hydrogens is 288 g/mol. The van der Waals surface area contributed by atoms with Crippen molar-refractivity contribution in [2.24, 2.45) is 0 Å². The van der Waals surface area contributed by atoms with Gasteiger partial charge < -0.3 is 4.74 Å². The molecule has 0 saturated carbocycles. The van der Waals surface area contributed by atoms with Crippen LogP contribution in [0.3, 0.4) is 0 Å². The van der Waals surface area contributed by atoms with Crippen LogP contribution >= 0.6 is 11.6 Å². The lowest BCUT2D eigenvalue weighted by Gasteiger charge is -2.22. The number of sulfonamides is 1. The molecule has 106 valence electrons. The molecule has 0 bridgehead atoms. The van der Waals surface area contributed by atoms with Crippen molar-refractivity contribution in [1.29, 1.82) is 0 Å². The average Bonchev–Trinajstić information content (AvgIpc) is 2.40. The molecule has 1 unspecified atom stereocenters. The summed E-state index contributed by atoms with van der Waals surface area (Å²) in [7, 11) is -3.51. The number of nitrogens with zero attached hydrogens (tertiary/aromatic N) is 1. The van der Waals surface area contributed by atoms with Crippen LogP contribution in [-0.4, -0.2) is 32.7 Å². The minimum absolute atomic E-state index is 0.136. The van der Waals surface area contributed by atoms with Crippen LogP contribution in [0.25, 0.3) is 0 Å². The lowest BCUT2D eigenvalue weighted by Crippen LogP contribution is -2.29. The fraction of sp³-hybridized carbons (Fsp3) is 0.583. The van der Waals surface area contributed by atoms with Crippen molar-refractivity contribution in [3.8, 4) is 0 Å². The van der Waals surface area contributed by atoms with Crippen LogP contribution in [0.1, 0.15) is 25.7 Å². The van der Waals surface area contributed by atoms with E-state index in [0.29, 0.717) is 13.0 Å². The second-order valence-electron chi connectivity index (χ2n) is 4.49. The van der Waals surface area contributed by atoms with E-state index in [4.69, 9.17) is 16.3 Å². The normalized spacial score (nSPS) is 20.4. The van der Waals surface area contributed by atoms with Crippen molar-refractivity contribution in [3.05, 3.63) is 23.5 Å². The first-order chi connectivity index (χ1) is 9.08. The Bertz CT molecular complexity index is 515. The second kappa shape index (κ2) is 6.65. The first-order valence-electron chi connectivity index (χ1n) is 6.31. The molecule has 1 aromatic heterocycles. The maximum absolute atomic E-state index is 12.0. The minimum Gasteiger partial charge on any atom is -0.378 e. The number of hydrogen-bond acceptors (Lipinski definition) is 4. The predicted octanol–water partition coefficient (Wildman–Crippen LogP) is 1.97. The predicted molar refractivity (Wildman–Crippen MR) is 72.6 cm³/mol. The molecule has 1 aromatic rings. The van der Waals surface area contributed by atoms with Crippen molar-refractivity contribution < 1.29 is 13.2 Å². The molecule has 2 rings (SSSR count). The highest BCUT2D eigenvalue weighted by Gasteiger charge is 2.17. The molecule has 1 saturated heterocycles. The maximum Gasteiger partial charge on any atom is 0.240 e. The zero-order valence-electron chi connectivity index (χ0n) is 10.5. The fourth-order valence-electron chi connectivity index (χ4n) is 2.02. The Balaban J connectivity index is 1.87. The summed E-state index contributed by atoms with van der Waals surface area (Å²) in [5, 5.41) is 0.165. The molecule has 7 heteroatoms. The molecule has 0 spiro atoms. The topological polar surface area (TPSA) is 68.3 Å². The zero-order chi connectivity index (χ0) is 13.7. The van der Waals surface area contributed by atoms with Gasteiger partial charge in [-0.2, -0.15) is 0 Å². The summed E-state index contributed by atoms with van der Waals surface area (Å²) >= 11 is 5.68. The van der Waals surface area contributed by atoms with E-state index in [-0.39, 0.29) is 16.2 Å². The van der Waals surface area contributed by atoms with Crippen LogP contribution in [0.2, 0.25) is 5.15 Å². The number of nitrogens with one attached hydrogen (secondary N) is 1. The fourth-order valence-corrected chi connectivity index (χ4v) is 3.32. The number of halogens is 1. The molecule has 2 heterocycles. The Morgan fingerprint density at radius 3 is 3.00 bits per heavy atom. The quantitative estimate of drug-likeness (QED) is 0.845. The molecule has 1 N–H and O–H groups in total. The van der Waals surface area contributed by atoms with Crippen molar-refractivity contribution in [2.75, 3.05) is 13.2 Å². The number of aromatic nitrogens is 1. The smallest absolute Gasteiger partial charge is 0.240 e. The van der Waals surface area contributed by atoms with Crippen LogP contribution < -0.4 is 4.72 Å². The van der Waals surface area contributed by atoms with E-state index in [1.807, 2.05) is 0 Å². The Hall–Kier alpha value is -0.690. The van der Waals surface area contributed by atoms with Crippen molar-refractivity contribution in [1.82, 2.24) is 9.71 Å². The Morgan fingerprint density at radius 2 is 2.32 bits per heavy atom. The molecule has 5 nitrogen and oxygen atoms in total. The minimum atomic E-state index is -3.51. The molecule has 0 aromatic carbocycles. The molecule has 0 aliphatic carbocycles. The summed E-state index contributed by atoms with van der Waals surface area (Å²) in [4.78, 5) is 3.90. The van der Waals surface area contributed by atoms with Gasteiger partial charge in [0.25, 0.3) is 0 Å². The highest BCUT2D eigenvalue weighted by molar-refractivity contribution is 7.89. The van der Waals surface area contributed by atoms with Crippen molar-refractivity contribution in [2.45, 2.75) is 36.7 Å². The molecular formula is C12H17ClN2O3S. The van der Waals surface area contributed by atoms with Gasteiger partial charge in [0.1, 0.15) is 5.15 Å². The lowest BCUT2D eigenvalue weighted by atomic mass is 10.1. The van der Waals surface area contributed by atoms with E-state index in [1.165, 1.54) is 18.3 Å². The van der Waals surface area contributed by atoms with Crippen LogP contribution in [-0.2, 0) is 14.8 Å². The maximum atomic E-state index is 12.0. The van der Waals surface area contributed by atoms with Crippen molar-refractivity contribution >= 4 is 21.6 Å². The zero-order valence-corrected chi connectivity index (χ0v) is 12.1. The van der Waals surface area contributed by atoms with Crippen LogP contribution in [0.15, 0.2) is 23.2 Å². The summed E-state index contributed by atoms with van der Waals surface area (Å²) in [5.74, 6) is 0. The SMILES string of the molecule is O=S(=O)(NCCC1CCCCO1)c1ccnc(Cl)c1. The number of ether oxygens (including phenoxy) is 1. The van der Waals surface area contributed by atoms with Gasteiger partial charge in [0.15, 0.2) is 0 Å². The van der Waals surface area contributed by atoms with E-state index >= 15 is 0 Å². The Kier molecular flexibility index (Phi) is 5.15. The van der Waals surface area contributed by atoms with Gasteiger partial charge in [0.2, 0.25) is 10.0 Å². The first-order valence-corrected chi connectivity index (χ1v) is 8.17. The molecule has 1 atom stereocenters. The van der Waals surface area contributed by atoms with E-state index in [0.717, 1.165) is 25.9 Å². The molecule has 1 aliphatic heterocycles. The highest BCUT2D eigenvalue weighted by atomic mass is 35.5. The van der Waals surface area contributed by atoms with Gasteiger partial charge in [-0.25, -0.2) is 18.1 Å². The van der Waals surface area contributed by atoms with E-state index in [1.54, 1.807) is 0 Å². The van der Waals surface area contributed by atoms with E-state index in [9.17, 15) is 8.42 Å². The molecule has 1 aliphatic rings. The van der Waals surface area contributed by atoms with E-state index < -0.39 is 10.0 Å². The van der Waals surface area contributed by atoms with Crippen LogP contribution in [0, 0.1) is 0 Å². The molecule has 0 amide bonds. The third kappa shape index (κ3) is 4.42. The monoisotopic (exact) mass is 304 g/mol. The molecule has 1 fully saturated rings. The van der Waals surface area contributed by atoms with Gasteiger partial charge in [-0.15, -0.1) is 0 Å². The highest BCUT2D eigenvalue weighted by Crippen LogP contribution is 2.16.